The molecule has 1 saturated heterocycles. The van der Waals surface area contributed by atoms with Crippen molar-refractivity contribution in [2.24, 2.45) is 0 Å². The van der Waals surface area contributed by atoms with Crippen LogP contribution in [-0.4, -0.2) is 17.4 Å². The number of amides is 1. The number of nitrogens with zero attached hydrogens (tertiary/aromatic N) is 1. The predicted octanol–water partition coefficient (Wildman–Crippen LogP) is 1.53. The Hall–Kier alpha value is -0.790. The molecule has 1 aliphatic heterocycles. The zero-order chi connectivity index (χ0) is 7.56. The highest BCUT2D eigenvalue weighted by molar-refractivity contribution is 5.79. The number of hydrogen-bond donors (Lipinski definition) is 0. The summed E-state index contributed by atoms with van der Waals surface area (Å²) in [6, 6.07) is 0. The second kappa shape index (κ2) is 2.86. The van der Waals surface area contributed by atoms with Gasteiger partial charge in [-0.1, -0.05) is 6.08 Å². The SMILES string of the molecule is C/C=C(\C)N1CCCC1=O. The summed E-state index contributed by atoms with van der Waals surface area (Å²) in [6.07, 6.45) is 3.72. The fourth-order valence-electron chi connectivity index (χ4n) is 1.18. The molecule has 10 heavy (non-hydrogen) atoms. The van der Waals surface area contributed by atoms with Crippen molar-refractivity contribution >= 4 is 5.91 Å². The number of rotatable bonds is 1. The summed E-state index contributed by atoms with van der Waals surface area (Å²) >= 11 is 0. The highest BCUT2D eigenvalue weighted by atomic mass is 16.2. The molecule has 2 heteroatoms. The fraction of sp³-hybridized carbons (Fsp3) is 0.625. The van der Waals surface area contributed by atoms with E-state index in [1.54, 1.807) is 0 Å². The maximum atomic E-state index is 11.1. The molecule has 1 heterocycles. The average molecular weight is 139 g/mol. The molecule has 0 aromatic heterocycles. The summed E-state index contributed by atoms with van der Waals surface area (Å²) in [5, 5.41) is 0. The molecule has 0 bridgehead atoms. The highest BCUT2D eigenvalue weighted by Crippen LogP contribution is 2.14. The third-order valence-corrected chi connectivity index (χ3v) is 1.92. The lowest BCUT2D eigenvalue weighted by Crippen LogP contribution is -2.21. The Morgan fingerprint density at radius 3 is 2.80 bits per heavy atom. The van der Waals surface area contributed by atoms with Gasteiger partial charge in [0.25, 0.3) is 0 Å². The van der Waals surface area contributed by atoms with E-state index < -0.39 is 0 Å². The van der Waals surface area contributed by atoms with E-state index >= 15 is 0 Å². The first-order chi connectivity index (χ1) is 4.75. The monoisotopic (exact) mass is 139 g/mol. The minimum Gasteiger partial charge on any atom is -0.317 e. The van der Waals surface area contributed by atoms with Crippen LogP contribution >= 0.6 is 0 Å². The molecule has 0 saturated carbocycles. The summed E-state index contributed by atoms with van der Waals surface area (Å²) in [5.74, 6) is 0.274. The zero-order valence-electron chi connectivity index (χ0n) is 6.55. The molecule has 0 aliphatic carbocycles. The van der Waals surface area contributed by atoms with Crippen LogP contribution in [0.1, 0.15) is 26.7 Å². The van der Waals surface area contributed by atoms with Gasteiger partial charge in [-0.25, -0.2) is 0 Å². The van der Waals surface area contributed by atoms with E-state index in [1.807, 2.05) is 24.8 Å². The van der Waals surface area contributed by atoms with Gasteiger partial charge < -0.3 is 4.90 Å². The maximum absolute atomic E-state index is 11.1. The van der Waals surface area contributed by atoms with Gasteiger partial charge in [-0.2, -0.15) is 0 Å². The fourth-order valence-corrected chi connectivity index (χ4v) is 1.18. The van der Waals surface area contributed by atoms with Crippen molar-refractivity contribution in [1.29, 1.82) is 0 Å². The van der Waals surface area contributed by atoms with Gasteiger partial charge >= 0.3 is 0 Å². The van der Waals surface area contributed by atoms with E-state index in [-0.39, 0.29) is 5.91 Å². The van der Waals surface area contributed by atoms with E-state index in [0.717, 1.165) is 25.1 Å². The Morgan fingerprint density at radius 1 is 1.70 bits per heavy atom. The molecule has 0 N–H and O–H groups in total. The molecule has 0 aromatic carbocycles. The third-order valence-electron chi connectivity index (χ3n) is 1.92. The molecular formula is C8H13NO. The quantitative estimate of drug-likeness (QED) is 0.539. The first-order valence-electron chi connectivity index (χ1n) is 3.69. The van der Waals surface area contributed by atoms with Crippen LogP contribution in [0.5, 0.6) is 0 Å². The van der Waals surface area contributed by atoms with E-state index in [0.29, 0.717) is 0 Å². The van der Waals surface area contributed by atoms with Gasteiger partial charge in [0.2, 0.25) is 5.91 Å². The van der Waals surface area contributed by atoms with E-state index in [9.17, 15) is 4.79 Å². The summed E-state index contributed by atoms with van der Waals surface area (Å²) in [6.45, 7) is 4.85. The van der Waals surface area contributed by atoms with Crippen LogP contribution in [0.25, 0.3) is 0 Å². The van der Waals surface area contributed by atoms with Gasteiger partial charge in [0.15, 0.2) is 0 Å². The third kappa shape index (κ3) is 1.20. The largest absolute Gasteiger partial charge is 0.317 e. The summed E-state index contributed by atoms with van der Waals surface area (Å²) in [4.78, 5) is 12.9. The topological polar surface area (TPSA) is 20.3 Å². The van der Waals surface area contributed by atoms with Crippen molar-refractivity contribution in [1.82, 2.24) is 4.90 Å². The molecule has 1 amide bonds. The van der Waals surface area contributed by atoms with Crippen molar-refractivity contribution in [3.05, 3.63) is 11.8 Å². The summed E-state index contributed by atoms with van der Waals surface area (Å²) < 4.78 is 0. The summed E-state index contributed by atoms with van der Waals surface area (Å²) in [7, 11) is 0. The Bertz CT molecular complexity index is 172. The van der Waals surface area contributed by atoms with Crippen LogP contribution in [0, 0.1) is 0 Å². The lowest BCUT2D eigenvalue weighted by Gasteiger charge is -2.14. The predicted molar refractivity (Wildman–Crippen MR) is 40.4 cm³/mol. The molecule has 1 rings (SSSR count). The van der Waals surface area contributed by atoms with Crippen molar-refractivity contribution in [2.75, 3.05) is 6.54 Å². The normalized spacial score (nSPS) is 20.4. The number of hydrogen-bond acceptors (Lipinski definition) is 1. The number of allylic oxidation sites excluding steroid dienone is 2. The maximum Gasteiger partial charge on any atom is 0.226 e. The van der Waals surface area contributed by atoms with Crippen LogP contribution in [0.3, 0.4) is 0 Å². The second-order valence-electron chi connectivity index (χ2n) is 2.58. The molecule has 1 fully saturated rings. The Balaban J connectivity index is 2.64. The number of likely N-dealkylation sites (tertiary alicyclic amines) is 1. The molecule has 1 aliphatic rings. The smallest absolute Gasteiger partial charge is 0.226 e. The van der Waals surface area contributed by atoms with Gasteiger partial charge in [0, 0.05) is 18.7 Å². The number of carbonyl (C=O) groups excluding carboxylic acids is 1. The van der Waals surface area contributed by atoms with Crippen LogP contribution in [-0.2, 0) is 4.79 Å². The minimum atomic E-state index is 0.274. The molecule has 0 aromatic rings. The standard InChI is InChI=1S/C8H13NO/c1-3-7(2)9-6-4-5-8(9)10/h3H,4-6H2,1-2H3/b7-3+. The second-order valence-corrected chi connectivity index (χ2v) is 2.58. The molecular weight excluding hydrogens is 126 g/mol. The van der Waals surface area contributed by atoms with E-state index in [2.05, 4.69) is 0 Å². The Morgan fingerprint density at radius 2 is 2.40 bits per heavy atom. The van der Waals surface area contributed by atoms with Crippen LogP contribution < -0.4 is 0 Å². The first kappa shape index (κ1) is 7.32. The van der Waals surface area contributed by atoms with E-state index in [1.165, 1.54) is 0 Å². The van der Waals surface area contributed by atoms with Crippen LogP contribution in [0.15, 0.2) is 11.8 Å². The van der Waals surface area contributed by atoms with Crippen molar-refractivity contribution in [3.8, 4) is 0 Å². The molecule has 2 nitrogen and oxygen atoms in total. The van der Waals surface area contributed by atoms with Gasteiger partial charge in [-0.15, -0.1) is 0 Å². The van der Waals surface area contributed by atoms with Crippen LogP contribution in [0.4, 0.5) is 0 Å². The van der Waals surface area contributed by atoms with Crippen molar-refractivity contribution in [2.45, 2.75) is 26.7 Å². The number of carbonyl (C=O) groups is 1. The van der Waals surface area contributed by atoms with Crippen molar-refractivity contribution < 1.29 is 4.79 Å². The average Bonchev–Trinajstić information content (AvgIpc) is 2.34. The minimum absolute atomic E-state index is 0.274. The molecule has 0 atom stereocenters. The van der Waals surface area contributed by atoms with Gasteiger partial charge in [-0.05, 0) is 20.3 Å². The molecule has 0 radical (unpaired) electrons. The lowest BCUT2D eigenvalue weighted by atomic mass is 10.4. The summed E-state index contributed by atoms with van der Waals surface area (Å²) in [5.41, 5.74) is 1.09. The van der Waals surface area contributed by atoms with Gasteiger partial charge in [0.1, 0.15) is 0 Å². The lowest BCUT2D eigenvalue weighted by molar-refractivity contribution is -0.126. The first-order valence-corrected chi connectivity index (χ1v) is 3.69. The molecule has 0 spiro atoms. The Kier molecular flexibility index (Phi) is 2.10. The van der Waals surface area contributed by atoms with Gasteiger partial charge in [-0.3, -0.25) is 4.79 Å². The van der Waals surface area contributed by atoms with Crippen LogP contribution in [0.2, 0.25) is 0 Å². The van der Waals surface area contributed by atoms with Crippen molar-refractivity contribution in [3.63, 3.8) is 0 Å². The van der Waals surface area contributed by atoms with Gasteiger partial charge in [0.05, 0.1) is 0 Å². The molecule has 56 valence electrons. The van der Waals surface area contributed by atoms with E-state index in [4.69, 9.17) is 0 Å². The highest BCUT2D eigenvalue weighted by Gasteiger charge is 2.20. The Labute approximate surface area is 61.5 Å². The zero-order valence-corrected chi connectivity index (χ0v) is 6.55. The molecule has 0 unspecified atom stereocenters.